The fourth-order valence-corrected chi connectivity index (χ4v) is 8.61. The smallest absolute Gasteiger partial charge is 0.222 e. The first kappa shape index (κ1) is 28.3. The molecule has 0 unspecified atom stereocenters. The molecule has 0 radical (unpaired) electrons. The topological polar surface area (TPSA) is 41.4 Å². The van der Waals surface area contributed by atoms with E-state index in [1.165, 1.54) is 54.3 Å². The molecule has 5 nitrogen and oxygen atoms in total. The fraction of sp³-hybridized carbons (Fsp3) is 0.474. The molecule has 224 valence electrons. The Morgan fingerprint density at radius 3 is 2.23 bits per heavy atom. The average molecular weight is 575 g/mol. The van der Waals surface area contributed by atoms with Gasteiger partial charge in [-0.15, -0.1) is 0 Å². The van der Waals surface area contributed by atoms with Crippen molar-refractivity contribution in [3.63, 3.8) is 0 Å². The molecule has 3 fully saturated rings. The van der Waals surface area contributed by atoms with Gasteiger partial charge in [-0.25, -0.2) is 4.98 Å². The summed E-state index contributed by atoms with van der Waals surface area (Å²) in [6.07, 6.45) is 9.78. The third-order valence-electron chi connectivity index (χ3n) is 11.1. The van der Waals surface area contributed by atoms with Gasteiger partial charge in [-0.1, -0.05) is 72.3 Å². The minimum Gasteiger partial charge on any atom is -0.343 e. The third kappa shape index (κ3) is 5.64. The van der Waals surface area contributed by atoms with E-state index in [1.54, 1.807) is 0 Å². The molecule has 3 aliphatic rings. The monoisotopic (exact) mass is 574 g/mol. The average Bonchev–Trinajstić information content (AvgIpc) is 3.50. The van der Waals surface area contributed by atoms with Crippen molar-refractivity contribution < 1.29 is 4.79 Å². The largest absolute Gasteiger partial charge is 0.343 e. The predicted octanol–water partition coefficient (Wildman–Crippen LogP) is 7.40. The Morgan fingerprint density at radius 1 is 0.837 bits per heavy atom. The van der Waals surface area contributed by atoms with Crippen LogP contribution < -0.4 is 0 Å². The van der Waals surface area contributed by atoms with Gasteiger partial charge in [0.1, 0.15) is 5.82 Å². The number of amides is 1. The van der Waals surface area contributed by atoms with Crippen molar-refractivity contribution in [1.82, 2.24) is 19.4 Å². The highest BCUT2D eigenvalue weighted by atomic mass is 16.2. The summed E-state index contributed by atoms with van der Waals surface area (Å²) >= 11 is 0. The Hall–Kier alpha value is -3.44. The molecular formula is C38H46N4O. The Labute approximate surface area is 256 Å². The number of imidazole rings is 1. The fourth-order valence-electron chi connectivity index (χ4n) is 8.61. The molecule has 3 saturated heterocycles. The summed E-state index contributed by atoms with van der Waals surface area (Å²) in [5.41, 5.74) is 6.54. The lowest BCUT2D eigenvalue weighted by molar-refractivity contribution is -0.132. The number of rotatable bonds is 8. The van der Waals surface area contributed by atoms with Gasteiger partial charge in [0.25, 0.3) is 0 Å². The Bertz CT molecular complexity index is 1540. The number of carbonyl (C=O) groups excluding carboxylic acids is 1. The van der Waals surface area contributed by atoms with Crippen LogP contribution in [0.3, 0.4) is 0 Å². The molecule has 4 aromatic rings. The molecule has 0 spiro atoms. The van der Waals surface area contributed by atoms with Gasteiger partial charge >= 0.3 is 0 Å². The minimum absolute atomic E-state index is 0.141. The molecule has 0 aliphatic carbocycles. The molecule has 1 aromatic heterocycles. The number of aromatic nitrogens is 2. The number of aryl methyl sites for hydroxylation is 3. The summed E-state index contributed by atoms with van der Waals surface area (Å²) in [6.45, 7) is 7.17. The van der Waals surface area contributed by atoms with Gasteiger partial charge in [0.15, 0.2) is 0 Å². The van der Waals surface area contributed by atoms with Crippen LogP contribution in [-0.2, 0) is 16.6 Å². The lowest BCUT2D eigenvalue weighted by Crippen LogP contribution is -2.49. The summed E-state index contributed by atoms with van der Waals surface area (Å²) in [5, 5.41) is 0. The predicted molar refractivity (Wildman–Crippen MR) is 174 cm³/mol. The lowest BCUT2D eigenvalue weighted by Gasteiger charge is -2.45. The lowest BCUT2D eigenvalue weighted by atomic mass is 9.70. The molecule has 43 heavy (non-hydrogen) atoms. The second-order valence-electron chi connectivity index (χ2n) is 13.5. The van der Waals surface area contributed by atoms with E-state index in [-0.39, 0.29) is 5.41 Å². The van der Waals surface area contributed by atoms with E-state index in [1.807, 2.05) is 0 Å². The number of likely N-dealkylation sites (tertiary alicyclic amines) is 1. The van der Waals surface area contributed by atoms with Crippen LogP contribution in [0.5, 0.6) is 0 Å². The minimum atomic E-state index is 0.141. The molecule has 5 heteroatoms. The zero-order valence-corrected chi connectivity index (χ0v) is 25.9. The summed E-state index contributed by atoms with van der Waals surface area (Å²) in [5.74, 6) is 1.46. The highest BCUT2D eigenvalue weighted by Crippen LogP contribution is 2.45. The maximum atomic E-state index is 13.2. The zero-order chi connectivity index (χ0) is 29.4. The third-order valence-corrected chi connectivity index (χ3v) is 11.1. The van der Waals surface area contributed by atoms with Crippen molar-refractivity contribution in [2.45, 2.75) is 95.2 Å². The molecule has 2 bridgehead atoms. The molecule has 3 aliphatic heterocycles. The number of para-hydroxylation sites is 2. The number of fused-ring (bicyclic) bond motifs is 3. The quantitative estimate of drug-likeness (QED) is 0.220. The van der Waals surface area contributed by atoms with Crippen LogP contribution in [0.25, 0.3) is 11.0 Å². The number of benzene rings is 3. The van der Waals surface area contributed by atoms with Crippen molar-refractivity contribution in [1.29, 1.82) is 0 Å². The van der Waals surface area contributed by atoms with E-state index >= 15 is 0 Å². The van der Waals surface area contributed by atoms with Crippen molar-refractivity contribution in [2.24, 2.45) is 0 Å². The zero-order valence-electron chi connectivity index (χ0n) is 25.9. The molecule has 0 saturated carbocycles. The standard InChI is InChI=1S/C38H46N4O/c1-28-12-14-30(15-13-28)16-19-37(43)40-23-20-38(21-24-40,31-8-4-3-5-9-31)22-25-41-32-17-18-33(41)27-34(26-32)42-29(2)39-35-10-6-7-11-36(35)42/h3-15,32-34H,16-27H2,1-2H3/t32-,33+,34+. The van der Waals surface area contributed by atoms with Crippen LogP contribution in [0.2, 0.25) is 0 Å². The van der Waals surface area contributed by atoms with Gasteiger partial charge in [0, 0.05) is 37.6 Å². The SMILES string of the molecule is Cc1ccc(CCC(=O)N2CCC(CCN3[C@@H]4CC[C@H]3C[C@@H](n3c(C)nc5ccccc53)C4)(c3ccccc3)CC2)cc1. The molecule has 3 atom stereocenters. The van der Waals surface area contributed by atoms with Crippen LogP contribution in [0.15, 0.2) is 78.9 Å². The van der Waals surface area contributed by atoms with Gasteiger partial charge < -0.3 is 9.47 Å². The van der Waals surface area contributed by atoms with Crippen molar-refractivity contribution in [3.8, 4) is 0 Å². The molecule has 4 heterocycles. The van der Waals surface area contributed by atoms with Gasteiger partial charge in [-0.3, -0.25) is 9.69 Å². The summed E-state index contributed by atoms with van der Waals surface area (Å²) in [4.78, 5) is 23.1. The number of nitrogens with zero attached hydrogens (tertiary/aromatic N) is 4. The van der Waals surface area contributed by atoms with E-state index in [2.05, 4.69) is 107 Å². The Balaban J connectivity index is 1.01. The molecule has 1 amide bonds. The number of carbonyl (C=O) groups is 1. The molecule has 7 rings (SSSR count). The highest BCUT2D eigenvalue weighted by Gasteiger charge is 2.44. The summed E-state index contributed by atoms with van der Waals surface area (Å²) in [6, 6.07) is 30.3. The van der Waals surface area contributed by atoms with Crippen LogP contribution in [0.4, 0.5) is 0 Å². The Kier molecular flexibility index (Phi) is 7.85. The van der Waals surface area contributed by atoms with Crippen molar-refractivity contribution >= 4 is 16.9 Å². The van der Waals surface area contributed by atoms with E-state index in [0.29, 0.717) is 30.5 Å². The number of hydrogen-bond donors (Lipinski definition) is 0. The number of hydrogen-bond acceptors (Lipinski definition) is 3. The highest BCUT2D eigenvalue weighted by molar-refractivity contribution is 5.77. The van der Waals surface area contributed by atoms with Gasteiger partial charge in [-0.2, -0.15) is 0 Å². The van der Waals surface area contributed by atoms with Crippen LogP contribution in [-0.4, -0.2) is 57.0 Å². The van der Waals surface area contributed by atoms with Crippen molar-refractivity contribution in [2.75, 3.05) is 19.6 Å². The van der Waals surface area contributed by atoms with Crippen molar-refractivity contribution in [3.05, 3.63) is 101 Å². The van der Waals surface area contributed by atoms with Gasteiger partial charge in [0.05, 0.1) is 11.0 Å². The van der Waals surface area contributed by atoms with Gasteiger partial charge in [-0.05, 0) is 100 Å². The number of piperidine rings is 2. The first-order chi connectivity index (χ1) is 21.0. The van der Waals surface area contributed by atoms with Gasteiger partial charge in [0.2, 0.25) is 5.91 Å². The summed E-state index contributed by atoms with van der Waals surface area (Å²) < 4.78 is 2.54. The Morgan fingerprint density at radius 2 is 1.51 bits per heavy atom. The molecule has 3 aromatic carbocycles. The van der Waals surface area contributed by atoms with Crippen LogP contribution in [0, 0.1) is 13.8 Å². The van der Waals surface area contributed by atoms with E-state index in [9.17, 15) is 4.79 Å². The second kappa shape index (κ2) is 11.9. The second-order valence-corrected chi connectivity index (χ2v) is 13.5. The van der Waals surface area contributed by atoms with E-state index in [4.69, 9.17) is 4.98 Å². The molecular weight excluding hydrogens is 528 g/mol. The van der Waals surface area contributed by atoms with E-state index < -0.39 is 0 Å². The molecule has 0 N–H and O–H groups in total. The maximum absolute atomic E-state index is 13.2. The summed E-state index contributed by atoms with van der Waals surface area (Å²) in [7, 11) is 0. The van der Waals surface area contributed by atoms with Crippen LogP contribution in [0.1, 0.15) is 79.9 Å². The first-order valence-corrected chi connectivity index (χ1v) is 16.6. The van der Waals surface area contributed by atoms with Crippen LogP contribution >= 0.6 is 0 Å². The maximum Gasteiger partial charge on any atom is 0.222 e. The normalized spacial score (nSPS) is 23.6. The first-order valence-electron chi connectivity index (χ1n) is 16.6. The van der Waals surface area contributed by atoms with E-state index in [0.717, 1.165) is 50.2 Å².